The van der Waals surface area contributed by atoms with E-state index >= 15 is 0 Å². The predicted molar refractivity (Wildman–Crippen MR) is 364 cm³/mol. The van der Waals surface area contributed by atoms with E-state index in [9.17, 15) is 30.3 Å². The van der Waals surface area contributed by atoms with E-state index < -0.39 is 49.5 Å². The maximum atomic E-state index is 13.1. The minimum Gasteiger partial charge on any atom is -0.394 e. The quantitative estimate of drug-likeness (QED) is 0.0261. The molecule has 9 nitrogen and oxygen atoms in total. The number of aliphatic hydroxyl groups excluding tert-OH is 5. The fourth-order valence-corrected chi connectivity index (χ4v) is 12.3. The van der Waals surface area contributed by atoms with Gasteiger partial charge in [0.05, 0.1) is 25.4 Å². The van der Waals surface area contributed by atoms with Gasteiger partial charge >= 0.3 is 0 Å². The van der Waals surface area contributed by atoms with Crippen molar-refractivity contribution in [2.75, 3.05) is 13.2 Å². The van der Waals surface area contributed by atoms with Crippen LogP contribution < -0.4 is 5.32 Å². The summed E-state index contributed by atoms with van der Waals surface area (Å²) in [5.74, 6) is -0.183. The van der Waals surface area contributed by atoms with Crippen molar-refractivity contribution in [1.29, 1.82) is 0 Å². The van der Waals surface area contributed by atoms with Crippen LogP contribution in [0.5, 0.6) is 0 Å². The average Bonchev–Trinajstić information content (AvgIpc) is 3.55. The van der Waals surface area contributed by atoms with Gasteiger partial charge in [-0.1, -0.05) is 371 Å². The third-order valence-corrected chi connectivity index (χ3v) is 18.2. The molecule has 6 N–H and O–H groups in total. The third-order valence-electron chi connectivity index (χ3n) is 18.2. The molecule has 1 rings (SSSR count). The average molecular weight is 1200 g/mol. The van der Waals surface area contributed by atoms with Gasteiger partial charge in [-0.25, -0.2) is 0 Å². The van der Waals surface area contributed by atoms with Crippen molar-refractivity contribution in [3.8, 4) is 0 Å². The Balaban J connectivity index is 2.07. The van der Waals surface area contributed by atoms with Crippen molar-refractivity contribution >= 4 is 5.91 Å². The zero-order chi connectivity index (χ0) is 61.4. The summed E-state index contributed by atoms with van der Waals surface area (Å²) >= 11 is 0. The van der Waals surface area contributed by atoms with E-state index in [2.05, 4.69) is 43.5 Å². The number of amides is 1. The first-order valence-corrected chi connectivity index (χ1v) is 37.7. The summed E-state index contributed by atoms with van der Waals surface area (Å²) in [6, 6.07) is -0.828. The smallest absolute Gasteiger partial charge is 0.220 e. The van der Waals surface area contributed by atoms with Crippen LogP contribution in [0, 0.1) is 0 Å². The molecular weight excluding hydrogens is 1050 g/mol. The molecule has 0 aromatic heterocycles. The number of aliphatic hydroxyl groups is 5. The van der Waals surface area contributed by atoms with E-state index in [4.69, 9.17) is 9.47 Å². The summed E-state index contributed by atoms with van der Waals surface area (Å²) in [4.78, 5) is 13.1. The number of rotatable bonds is 67. The molecule has 1 saturated heterocycles. The molecule has 0 saturated carbocycles. The lowest BCUT2D eigenvalue weighted by Crippen LogP contribution is -2.60. The van der Waals surface area contributed by atoms with Gasteiger partial charge in [-0.05, 0) is 44.9 Å². The molecule has 0 aromatic carbocycles. The zero-order valence-corrected chi connectivity index (χ0v) is 56.4. The minimum atomic E-state index is -1.57. The standard InChI is InChI=1S/C76H145NO8/c1-3-5-7-9-11-13-15-17-19-21-23-25-27-28-29-30-31-32-33-34-35-36-37-38-39-40-41-42-44-46-48-50-52-54-56-58-60-62-64-66-72(80)77-69(68-84-76-75(83)74(82)73(81)71(67-78)85-76)70(79)65-63-61-59-57-55-53-51-49-47-45-43-26-24-22-20-18-16-14-12-10-8-6-4-2/h47,49,55,57,63,65,69-71,73-76,78-79,81-83H,3-46,48,50-54,56,58-62,64,66-68H2,1-2H3,(H,77,80)/b49-47+,57-55+,65-63+. The Labute approximate surface area is 527 Å². The molecule has 0 spiro atoms. The van der Waals surface area contributed by atoms with Gasteiger partial charge in [-0.2, -0.15) is 0 Å². The lowest BCUT2D eigenvalue weighted by atomic mass is 9.99. The molecule has 1 heterocycles. The molecule has 0 aliphatic carbocycles. The lowest BCUT2D eigenvalue weighted by molar-refractivity contribution is -0.302. The summed E-state index contributed by atoms with van der Waals surface area (Å²) in [6.07, 6.45) is 81.5. The van der Waals surface area contributed by atoms with Gasteiger partial charge in [0.25, 0.3) is 0 Å². The highest BCUT2D eigenvalue weighted by atomic mass is 16.7. The Morgan fingerprint density at radius 1 is 0.388 bits per heavy atom. The van der Waals surface area contributed by atoms with Crippen LogP contribution in [0.25, 0.3) is 0 Å². The number of nitrogens with one attached hydrogen (secondary N) is 1. The Bertz CT molecular complexity index is 1440. The highest BCUT2D eigenvalue weighted by Crippen LogP contribution is 2.24. The van der Waals surface area contributed by atoms with E-state index in [1.165, 1.54) is 321 Å². The second-order valence-electron chi connectivity index (χ2n) is 26.4. The van der Waals surface area contributed by atoms with Gasteiger partial charge in [0.1, 0.15) is 24.4 Å². The van der Waals surface area contributed by atoms with E-state index in [0.717, 1.165) is 44.9 Å². The Morgan fingerprint density at radius 2 is 0.671 bits per heavy atom. The number of allylic oxidation sites excluding steroid dienone is 5. The SMILES string of the molecule is CCCCCCCCCCCCCCC/C=C/CC/C=C/CC/C=C/C(O)C(COC1OC(CO)C(O)C(O)C1O)NC(=O)CCCCCCCCCCCCCCCCCCCCCCCCCCCCCCCCCCCCCCCCC. The van der Waals surface area contributed by atoms with Crippen LogP contribution in [-0.2, 0) is 14.3 Å². The molecule has 0 aromatic rings. The Hall–Kier alpha value is -1.59. The molecule has 7 unspecified atom stereocenters. The number of carbonyl (C=O) groups is 1. The first kappa shape index (κ1) is 81.4. The summed E-state index contributed by atoms with van der Waals surface area (Å²) in [7, 11) is 0. The summed E-state index contributed by atoms with van der Waals surface area (Å²) in [6.45, 7) is 3.81. The van der Waals surface area contributed by atoms with Crippen LogP contribution in [0.4, 0.5) is 0 Å². The number of hydrogen-bond donors (Lipinski definition) is 6. The molecule has 0 radical (unpaired) electrons. The van der Waals surface area contributed by atoms with Gasteiger partial charge in [-0.3, -0.25) is 4.79 Å². The van der Waals surface area contributed by atoms with Crippen molar-refractivity contribution in [3.63, 3.8) is 0 Å². The molecule has 85 heavy (non-hydrogen) atoms. The van der Waals surface area contributed by atoms with E-state index in [1.807, 2.05) is 6.08 Å². The largest absolute Gasteiger partial charge is 0.394 e. The van der Waals surface area contributed by atoms with Crippen LogP contribution in [0.1, 0.15) is 386 Å². The highest BCUT2D eigenvalue weighted by molar-refractivity contribution is 5.76. The second-order valence-corrected chi connectivity index (χ2v) is 26.4. The van der Waals surface area contributed by atoms with Gasteiger partial charge in [0.2, 0.25) is 5.91 Å². The van der Waals surface area contributed by atoms with Crippen molar-refractivity contribution < 1.29 is 39.8 Å². The van der Waals surface area contributed by atoms with Crippen molar-refractivity contribution in [2.45, 2.75) is 429 Å². The molecule has 502 valence electrons. The first-order valence-electron chi connectivity index (χ1n) is 37.7. The lowest BCUT2D eigenvalue weighted by Gasteiger charge is -2.40. The summed E-state index contributed by atoms with van der Waals surface area (Å²) < 4.78 is 11.3. The van der Waals surface area contributed by atoms with Crippen LogP contribution in [0.15, 0.2) is 36.5 Å². The number of carbonyl (C=O) groups excluding carboxylic acids is 1. The Morgan fingerprint density at radius 3 is 0.988 bits per heavy atom. The van der Waals surface area contributed by atoms with Gasteiger partial charge in [0, 0.05) is 6.42 Å². The topological polar surface area (TPSA) is 149 Å². The number of hydrogen-bond acceptors (Lipinski definition) is 8. The monoisotopic (exact) mass is 1200 g/mol. The molecule has 0 bridgehead atoms. The molecule has 9 heteroatoms. The van der Waals surface area contributed by atoms with E-state index in [-0.39, 0.29) is 12.5 Å². The van der Waals surface area contributed by atoms with Crippen LogP contribution in [0.2, 0.25) is 0 Å². The van der Waals surface area contributed by atoms with Gasteiger partial charge in [-0.15, -0.1) is 0 Å². The van der Waals surface area contributed by atoms with Crippen LogP contribution in [0.3, 0.4) is 0 Å². The summed E-state index contributed by atoms with van der Waals surface area (Å²) in [5, 5.41) is 54.7. The maximum Gasteiger partial charge on any atom is 0.220 e. The maximum absolute atomic E-state index is 13.1. The number of unbranched alkanes of at least 4 members (excludes halogenated alkanes) is 53. The number of ether oxygens (including phenoxy) is 2. The second kappa shape index (κ2) is 65.4. The van der Waals surface area contributed by atoms with Gasteiger partial charge < -0.3 is 40.3 Å². The van der Waals surface area contributed by atoms with Crippen LogP contribution >= 0.6 is 0 Å². The Kier molecular flexibility index (Phi) is 62.6. The fraction of sp³-hybridized carbons (Fsp3) is 0.908. The van der Waals surface area contributed by atoms with Gasteiger partial charge in [0.15, 0.2) is 6.29 Å². The van der Waals surface area contributed by atoms with Crippen LogP contribution in [-0.4, -0.2) is 87.5 Å². The summed E-state index contributed by atoms with van der Waals surface area (Å²) in [5.41, 5.74) is 0. The van der Waals surface area contributed by atoms with E-state index in [0.29, 0.717) is 6.42 Å². The van der Waals surface area contributed by atoms with Crippen molar-refractivity contribution in [3.05, 3.63) is 36.5 Å². The normalized spacial score (nSPS) is 18.2. The van der Waals surface area contributed by atoms with E-state index in [1.54, 1.807) is 6.08 Å². The molecule has 1 amide bonds. The van der Waals surface area contributed by atoms with Crippen molar-refractivity contribution in [2.24, 2.45) is 0 Å². The third kappa shape index (κ3) is 53.9. The highest BCUT2D eigenvalue weighted by Gasteiger charge is 2.44. The first-order chi connectivity index (χ1) is 41.8. The predicted octanol–water partition coefficient (Wildman–Crippen LogP) is 21.0. The zero-order valence-electron chi connectivity index (χ0n) is 56.4. The molecular formula is C76H145NO8. The van der Waals surface area contributed by atoms with Crippen molar-refractivity contribution in [1.82, 2.24) is 5.32 Å². The molecule has 1 fully saturated rings. The molecule has 1 aliphatic heterocycles. The molecule has 7 atom stereocenters. The minimum absolute atomic E-state index is 0.183. The fourth-order valence-electron chi connectivity index (χ4n) is 12.3. The molecule has 1 aliphatic rings.